The monoisotopic (exact) mass is 201 g/mol. The Morgan fingerprint density at radius 2 is 1.73 bits per heavy atom. The molecular formula is C13H15NO. The molecule has 0 atom stereocenters. The molecule has 0 saturated carbocycles. The predicted octanol–water partition coefficient (Wildman–Crippen LogP) is 2.07. The molecule has 0 saturated heterocycles. The molecule has 1 N–H and O–H groups in total. The van der Waals surface area contributed by atoms with Crippen LogP contribution in [0.15, 0.2) is 24.3 Å². The van der Waals surface area contributed by atoms with Crippen LogP contribution < -0.4 is 0 Å². The Balaban J connectivity index is 2.44. The van der Waals surface area contributed by atoms with Gasteiger partial charge < -0.3 is 5.11 Å². The van der Waals surface area contributed by atoms with Crippen LogP contribution in [-0.4, -0.2) is 10.7 Å². The second-order valence-electron chi connectivity index (χ2n) is 4.88. The Bertz CT molecular complexity index is 398. The van der Waals surface area contributed by atoms with E-state index in [9.17, 15) is 10.4 Å². The van der Waals surface area contributed by atoms with E-state index in [1.807, 2.05) is 24.3 Å². The molecule has 0 unspecified atom stereocenters. The Hall–Kier alpha value is -1.33. The van der Waals surface area contributed by atoms with E-state index < -0.39 is 11.0 Å². The van der Waals surface area contributed by atoms with Crippen molar-refractivity contribution in [3.63, 3.8) is 0 Å². The first-order valence-corrected chi connectivity index (χ1v) is 5.19. The van der Waals surface area contributed by atoms with E-state index in [4.69, 9.17) is 0 Å². The van der Waals surface area contributed by atoms with E-state index in [1.54, 1.807) is 13.8 Å². The molecule has 0 fully saturated rings. The first-order chi connectivity index (χ1) is 6.98. The highest BCUT2D eigenvalue weighted by molar-refractivity contribution is 5.38. The van der Waals surface area contributed by atoms with E-state index >= 15 is 0 Å². The topological polar surface area (TPSA) is 44.0 Å². The summed E-state index contributed by atoms with van der Waals surface area (Å²) in [6, 6.07) is 10.4. The molecule has 15 heavy (non-hydrogen) atoms. The minimum absolute atomic E-state index is 0.656. The lowest BCUT2D eigenvalue weighted by atomic mass is 9.72. The highest BCUT2D eigenvalue weighted by Gasteiger charge is 2.48. The fourth-order valence-electron chi connectivity index (χ4n) is 2.26. The van der Waals surface area contributed by atoms with Crippen LogP contribution in [0.25, 0.3) is 0 Å². The highest BCUT2D eigenvalue weighted by atomic mass is 16.3. The minimum Gasteiger partial charge on any atom is -0.389 e. The van der Waals surface area contributed by atoms with Gasteiger partial charge in [0.1, 0.15) is 0 Å². The van der Waals surface area contributed by atoms with Crippen molar-refractivity contribution in [1.29, 1.82) is 5.26 Å². The average molecular weight is 201 g/mol. The quantitative estimate of drug-likeness (QED) is 0.755. The summed E-state index contributed by atoms with van der Waals surface area (Å²) in [5.74, 6) is 0. The molecule has 0 spiro atoms. The third-order valence-corrected chi connectivity index (χ3v) is 3.49. The van der Waals surface area contributed by atoms with Crippen LogP contribution in [0.3, 0.4) is 0 Å². The van der Waals surface area contributed by atoms with Gasteiger partial charge in [0.2, 0.25) is 0 Å². The zero-order chi connectivity index (χ0) is 11.1. The zero-order valence-corrected chi connectivity index (χ0v) is 9.12. The fraction of sp³-hybridized carbons (Fsp3) is 0.462. The van der Waals surface area contributed by atoms with E-state index in [-0.39, 0.29) is 0 Å². The number of nitriles is 1. The van der Waals surface area contributed by atoms with Crippen molar-refractivity contribution in [2.45, 2.75) is 32.3 Å². The number of aliphatic hydroxyl groups is 1. The molecule has 2 rings (SSSR count). The standard InChI is InChI=1S/C13H15NO/c1-12(2,15)13(9-14)7-10-5-3-4-6-11(10)8-13/h3-6,15H,7-8H2,1-2H3. The smallest absolute Gasteiger partial charge is 0.0934 e. The van der Waals surface area contributed by atoms with Crippen LogP contribution in [0, 0.1) is 16.7 Å². The summed E-state index contributed by atoms with van der Waals surface area (Å²) >= 11 is 0. The van der Waals surface area contributed by atoms with Gasteiger partial charge in [-0.2, -0.15) is 5.26 Å². The van der Waals surface area contributed by atoms with Crippen molar-refractivity contribution in [2.75, 3.05) is 0 Å². The Morgan fingerprint density at radius 3 is 2.07 bits per heavy atom. The van der Waals surface area contributed by atoms with Crippen LogP contribution in [-0.2, 0) is 12.8 Å². The number of hydrogen-bond acceptors (Lipinski definition) is 2. The Kier molecular flexibility index (Phi) is 2.09. The maximum atomic E-state index is 10.1. The first kappa shape index (κ1) is 10.2. The zero-order valence-electron chi connectivity index (χ0n) is 9.12. The summed E-state index contributed by atoms with van der Waals surface area (Å²) < 4.78 is 0. The fourth-order valence-corrected chi connectivity index (χ4v) is 2.26. The van der Waals surface area contributed by atoms with Gasteiger partial charge in [-0.05, 0) is 37.8 Å². The molecule has 1 aliphatic carbocycles. The SMILES string of the molecule is CC(C)(O)C1(C#N)Cc2ccccc2C1. The normalized spacial score (nSPS) is 18.3. The molecule has 0 radical (unpaired) electrons. The van der Waals surface area contributed by atoms with Gasteiger partial charge >= 0.3 is 0 Å². The maximum absolute atomic E-state index is 10.1. The number of hydrogen-bond donors (Lipinski definition) is 1. The van der Waals surface area contributed by atoms with Gasteiger partial charge in [-0.15, -0.1) is 0 Å². The number of rotatable bonds is 1. The Labute approximate surface area is 90.2 Å². The van der Waals surface area contributed by atoms with Gasteiger partial charge in [-0.1, -0.05) is 24.3 Å². The predicted molar refractivity (Wildman–Crippen MR) is 58.2 cm³/mol. The number of nitrogens with zero attached hydrogens (tertiary/aromatic N) is 1. The van der Waals surface area contributed by atoms with E-state index in [0.717, 1.165) is 0 Å². The minimum atomic E-state index is -0.958. The molecule has 0 heterocycles. The molecule has 0 bridgehead atoms. The van der Waals surface area contributed by atoms with E-state index in [2.05, 4.69) is 6.07 Å². The molecule has 0 aromatic heterocycles. The van der Waals surface area contributed by atoms with Crippen LogP contribution in [0.4, 0.5) is 0 Å². The highest BCUT2D eigenvalue weighted by Crippen LogP contribution is 2.44. The summed E-state index contributed by atoms with van der Waals surface area (Å²) in [5.41, 5.74) is 0.777. The Morgan fingerprint density at radius 1 is 1.27 bits per heavy atom. The van der Waals surface area contributed by atoms with Gasteiger partial charge in [-0.25, -0.2) is 0 Å². The third kappa shape index (κ3) is 1.44. The van der Waals surface area contributed by atoms with Crippen molar-refractivity contribution in [3.05, 3.63) is 35.4 Å². The molecule has 2 heteroatoms. The molecule has 2 nitrogen and oxygen atoms in total. The van der Waals surface area contributed by atoms with Crippen LogP contribution in [0.5, 0.6) is 0 Å². The van der Waals surface area contributed by atoms with Crippen molar-refractivity contribution in [1.82, 2.24) is 0 Å². The lowest BCUT2D eigenvalue weighted by Crippen LogP contribution is -2.43. The lowest BCUT2D eigenvalue weighted by molar-refractivity contribution is -0.0174. The van der Waals surface area contributed by atoms with Gasteiger partial charge in [0, 0.05) is 0 Å². The summed E-state index contributed by atoms with van der Waals surface area (Å²) in [7, 11) is 0. The molecule has 1 aliphatic rings. The summed E-state index contributed by atoms with van der Waals surface area (Å²) in [6.45, 7) is 3.45. The van der Waals surface area contributed by atoms with Crippen LogP contribution in [0.2, 0.25) is 0 Å². The van der Waals surface area contributed by atoms with Crippen LogP contribution in [0.1, 0.15) is 25.0 Å². The number of benzene rings is 1. The molecule has 78 valence electrons. The van der Waals surface area contributed by atoms with Crippen molar-refractivity contribution in [3.8, 4) is 6.07 Å². The van der Waals surface area contributed by atoms with Crippen LogP contribution >= 0.6 is 0 Å². The van der Waals surface area contributed by atoms with Crippen molar-refractivity contribution < 1.29 is 5.11 Å². The average Bonchev–Trinajstić information content (AvgIpc) is 2.56. The van der Waals surface area contributed by atoms with E-state index in [0.29, 0.717) is 12.8 Å². The second-order valence-corrected chi connectivity index (χ2v) is 4.88. The van der Waals surface area contributed by atoms with Crippen molar-refractivity contribution >= 4 is 0 Å². The molecule has 0 amide bonds. The molecule has 0 aliphatic heterocycles. The van der Waals surface area contributed by atoms with Gasteiger partial charge in [0.25, 0.3) is 0 Å². The molecule has 1 aromatic rings. The molecular weight excluding hydrogens is 186 g/mol. The van der Waals surface area contributed by atoms with Gasteiger partial charge in [0.15, 0.2) is 0 Å². The summed E-state index contributed by atoms with van der Waals surface area (Å²) in [4.78, 5) is 0. The van der Waals surface area contributed by atoms with Gasteiger partial charge in [0.05, 0.1) is 17.1 Å². The lowest BCUT2D eigenvalue weighted by Gasteiger charge is -2.33. The summed E-state index contributed by atoms with van der Waals surface area (Å²) in [5, 5.41) is 19.4. The first-order valence-electron chi connectivity index (χ1n) is 5.19. The second kappa shape index (κ2) is 3.08. The van der Waals surface area contributed by atoms with Crippen molar-refractivity contribution in [2.24, 2.45) is 5.41 Å². The van der Waals surface area contributed by atoms with E-state index in [1.165, 1.54) is 11.1 Å². The molecule has 1 aromatic carbocycles. The third-order valence-electron chi connectivity index (χ3n) is 3.49. The maximum Gasteiger partial charge on any atom is 0.0934 e. The largest absolute Gasteiger partial charge is 0.389 e. The number of fused-ring (bicyclic) bond motifs is 1. The van der Waals surface area contributed by atoms with Gasteiger partial charge in [-0.3, -0.25) is 0 Å². The summed E-state index contributed by atoms with van der Waals surface area (Å²) in [6.07, 6.45) is 1.31.